The largest absolute Gasteiger partial charge is 0.354 e. The quantitative estimate of drug-likeness (QED) is 0.177. The average Bonchev–Trinajstić information content (AvgIpc) is 3.02. The highest BCUT2D eigenvalue weighted by Crippen LogP contribution is 2.29. The number of amides is 2. The summed E-state index contributed by atoms with van der Waals surface area (Å²) in [4.78, 5) is 29.9. The standard InChI is InChI=1S/C35H38BrN3O4S/c1-4-20-37-35(41)33(23-28-12-7-5-8-13-28)38(24-29-14-11-15-30(36)22-29)34(40)25-39(32-21-26(2)18-19-27(32)3)44(42,43)31-16-9-6-10-17-31/h5-19,21-22,33H,4,20,23-25H2,1-3H3,(H,37,41). The first-order valence-corrected chi connectivity index (χ1v) is 16.8. The van der Waals surface area contributed by atoms with E-state index < -0.39 is 28.5 Å². The van der Waals surface area contributed by atoms with Crippen LogP contribution in [0.25, 0.3) is 0 Å². The number of nitrogens with zero attached hydrogens (tertiary/aromatic N) is 2. The summed E-state index contributed by atoms with van der Waals surface area (Å²) in [6.07, 6.45) is 1.00. The molecule has 0 saturated heterocycles. The van der Waals surface area contributed by atoms with Crippen molar-refractivity contribution in [1.82, 2.24) is 10.2 Å². The lowest BCUT2D eigenvalue weighted by Gasteiger charge is -2.34. The highest BCUT2D eigenvalue weighted by molar-refractivity contribution is 9.10. The second-order valence-electron chi connectivity index (χ2n) is 10.8. The Balaban J connectivity index is 1.82. The van der Waals surface area contributed by atoms with Gasteiger partial charge in [-0.3, -0.25) is 13.9 Å². The summed E-state index contributed by atoms with van der Waals surface area (Å²) >= 11 is 3.51. The Bertz CT molecular complexity index is 1680. The number of carbonyl (C=O) groups is 2. The predicted octanol–water partition coefficient (Wildman–Crippen LogP) is 6.43. The van der Waals surface area contributed by atoms with Gasteiger partial charge in [0.15, 0.2) is 0 Å². The van der Waals surface area contributed by atoms with E-state index in [1.807, 2.05) is 87.5 Å². The van der Waals surface area contributed by atoms with Gasteiger partial charge in [0.2, 0.25) is 11.8 Å². The molecule has 0 aromatic heterocycles. The van der Waals surface area contributed by atoms with Crippen LogP contribution in [0.4, 0.5) is 5.69 Å². The van der Waals surface area contributed by atoms with Crippen molar-refractivity contribution in [3.8, 4) is 0 Å². The molecule has 4 aromatic carbocycles. The third kappa shape index (κ3) is 8.36. The van der Waals surface area contributed by atoms with Gasteiger partial charge in [-0.2, -0.15) is 0 Å². The molecule has 0 saturated carbocycles. The van der Waals surface area contributed by atoms with E-state index in [4.69, 9.17) is 0 Å². The molecule has 0 heterocycles. The number of anilines is 1. The number of hydrogen-bond acceptors (Lipinski definition) is 4. The second kappa shape index (κ2) is 15.2. The minimum absolute atomic E-state index is 0.0776. The zero-order valence-corrected chi connectivity index (χ0v) is 27.6. The molecular weight excluding hydrogens is 638 g/mol. The molecule has 4 aromatic rings. The number of hydrogen-bond donors (Lipinski definition) is 1. The Hall–Kier alpha value is -3.95. The van der Waals surface area contributed by atoms with Crippen molar-refractivity contribution >= 4 is 43.5 Å². The van der Waals surface area contributed by atoms with E-state index in [0.29, 0.717) is 17.8 Å². The molecule has 0 aliphatic heterocycles. The van der Waals surface area contributed by atoms with Gasteiger partial charge in [0.25, 0.3) is 10.0 Å². The molecule has 1 atom stereocenters. The van der Waals surface area contributed by atoms with Crippen molar-refractivity contribution in [2.45, 2.75) is 51.1 Å². The molecule has 7 nitrogen and oxygen atoms in total. The SMILES string of the molecule is CCCNC(=O)C(Cc1ccccc1)N(Cc1cccc(Br)c1)C(=O)CN(c1cc(C)ccc1C)S(=O)(=O)c1ccccc1. The van der Waals surface area contributed by atoms with E-state index in [9.17, 15) is 18.0 Å². The zero-order valence-electron chi connectivity index (χ0n) is 25.2. The maximum atomic E-state index is 14.5. The summed E-state index contributed by atoms with van der Waals surface area (Å²) in [6, 6.07) is 29.8. The van der Waals surface area contributed by atoms with Gasteiger partial charge in [-0.1, -0.05) is 95.7 Å². The number of rotatable bonds is 13. The summed E-state index contributed by atoms with van der Waals surface area (Å²) < 4.78 is 30.3. The van der Waals surface area contributed by atoms with Gasteiger partial charge in [-0.05, 0) is 72.9 Å². The molecule has 0 bridgehead atoms. The third-order valence-electron chi connectivity index (χ3n) is 7.31. The van der Waals surface area contributed by atoms with E-state index in [-0.39, 0.29) is 23.8 Å². The van der Waals surface area contributed by atoms with Crippen molar-refractivity contribution in [2.75, 3.05) is 17.4 Å². The van der Waals surface area contributed by atoms with Gasteiger partial charge in [-0.15, -0.1) is 0 Å². The van der Waals surface area contributed by atoms with Crippen molar-refractivity contribution in [2.24, 2.45) is 0 Å². The molecule has 44 heavy (non-hydrogen) atoms. The number of sulfonamides is 1. The predicted molar refractivity (Wildman–Crippen MR) is 179 cm³/mol. The van der Waals surface area contributed by atoms with Crippen LogP contribution in [0, 0.1) is 13.8 Å². The molecule has 0 spiro atoms. The first-order valence-electron chi connectivity index (χ1n) is 14.6. The molecule has 1 unspecified atom stereocenters. The molecule has 9 heteroatoms. The van der Waals surface area contributed by atoms with Crippen molar-refractivity contribution in [3.05, 3.63) is 130 Å². The van der Waals surface area contributed by atoms with Gasteiger partial charge < -0.3 is 10.2 Å². The summed E-state index contributed by atoms with van der Waals surface area (Å²) in [5.74, 6) is -0.777. The number of carbonyl (C=O) groups excluding carboxylic acids is 2. The smallest absolute Gasteiger partial charge is 0.264 e. The molecule has 0 aliphatic carbocycles. The van der Waals surface area contributed by atoms with Crippen LogP contribution in [0.1, 0.15) is 35.6 Å². The molecular formula is C35H38BrN3O4S. The molecule has 2 amide bonds. The molecule has 4 rings (SSSR count). The van der Waals surface area contributed by atoms with E-state index in [1.165, 1.54) is 21.3 Å². The lowest BCUT2D eigenvalue weighted by Crippen LogP contribution is -2.53. The molecule has 230 valence electrons. The maximum Gasteiger partial charge on any atom is 0.264 e. The first-order chi connectivity index (χ1) is 21.1. The minimum Gasteiger partial charge on any atom is -0.354 e. The lowest BCUT2D eigenvalue weighted by atomic mass is 10.0. The van der Waals surface area contributed by atoms with Crippen LogP contribution in [0.3, 0.4) is 0 Å². The van der Waals surface area contributed by atoms with Crippen LogP contribution in [-0.4, -0.2) is 44.3 Å². The molecule has 0 fully saturated rings. The Morgan fingerprint density at radius 3 is 2.16 bits per heavy atom. The van der Waals surface area contributed by atoms with E-state index in [1.54, 1.807) is 24.3 Å². The van der Waals surface area contributed by atoms with E-state index in [2.05, 4.69) is 21.2 Å². The fourth-order valence-corrected chi connectivity index (χ4v) is 6.91. The lowest BCUT2D eigenvalue weighted by molar-refractivity contribution is -0.140. The van der Waals surface area contributed by atoms with Crippen LogP contribution >= 0.6 is 15.9 Å². The second-order valence-corrected chi connectivity index (χ2v) is 13.5. The zero-order chi connectivity index (χ0) is 31.7. The number of halogens is 1. The van der Waals surface area contributed by atoms with Gasteiger partial charge in [-0.25, -0.2) is 8.42 Å². The fraction of sp³-hybridized carbons (Fsp3) is 0.257. The molecule has 0 radical (unpaired) electrons. The van der Waals surface area contributed by atoms with Crippen LogP contribution in [-0.2, 0) is 32.6 Å². The number of aryl methyl sites for hydroxylation is 2. The monoisotopic (exact) mass is 675 g/mol. The maximum absolute atomic E-state index is 14.5. The Kier molecular flexibility index (Phi) is 11.4. The van der Waals surface area contributed by atoms with Crippen LogP contribution < -0.4 is 9.62 Å². The van der Waals surface area contributed by atoms with Crippen molar-refractivity contribution in [1.29, 1.82) is 0 Å². The minimum atomic E-state index is -4.14. The average molecular weight is 677 g/mol. The summed E-state index contributed by atoms with van der Waals surface area (Å²) in [6.45, 7) is 5.75. The van der Waals surface area contributed by atoms with Crippen molar-refractivity contribution < 1.29 is 18.0 Å². The van der Waals surface area contributed by atoms with Crippen LogP contribution in [0.2, 0.25) is 0 Å². The Morgan fingerprint density at radius 1 is 0.841 bits per heavy atom. The van der Waals surface area contributed by atoms with Crippen molar-refractivity contribution in [3.63, 3.8) is 0 Å². The van der Waals surface area contributed by atoms with Gasteiger partial charge in [0, 0.05) is 24.0 Å². The number of nitrogens with one attached hydrogen (secondary N) is 1. The van der Waals surface area contributed by atoms with Crippen LogP contribution in [0.5, 0.6) is 0 Å². The van der Waals surface area contributed by atoms with Gasteiger partial charge >= 0.3 is 0 Å². The fourth-order valence-electron chi connectivity index (χ4n) is 4.97. The van der Waals surface area contributed by atoms with Gasteiger partial charge in [0.05, 0.1) is 10.6 Å². The van der Waals surface area contributed by atoms with Crippen LogP contribution in [0.15, 0.2) is 112 Å². The van der Waals surface area contributed by atoms with Gasteiger partial charge in [0.1, 0.15) is 12.6 Å². The Labute approximate surface area is 269 Å². The topological polar surface area (TPSA) is 86.8 Å². The highest BCUT2D eigenvalue weighted by Gasteiger charge is 2.35. The summed E-state index contributed by atoms with van der Waals surface area (Å²) in [5.41, 5.74) is 3.68. The highest BCUT2D eigenvalue weighted by atomic mass is 79.9. The summed E-state index contributed by atoms with van der Waals surface area (Å²) in [5, 5.41) is 2.97. The number of benzene rings is 4. The summed E-state index contributed by atoms with van der Waals surface area (Å²) in [7, 11) is -4.14. The first kappa shape index (κ1) is 33.0. The molecule has 1 N–H and O–H groups in total. The Morgan fingerprint density at radius 2 is 1.50 bits per heavy atom. The third-order valence-corrected chi connectivity index (χ3v) is 9.57. The van der Waals surface area contributed by atoms with E-state index in [0.717, 1.165) is 27.6 Å². The normalized spacial score (nSPS) is 11.9. The van der Waals surface area contributed by atoms with E-state index >= 15 is 0 Å². The molecule has 0 aliphatic rings.